The number of rotatable bonds is 6. The lowest BCUT2D eigenvalue weighted by atomic mass is 10.2. The van der Waals surface area contributed by atoms with Gasteiger partial charge in [-0.05, 0) is 19.9 Å². The maximum Gasteiger partial charge on any atom is 0.240 e. The van der Waals surface area contributed by atoms with Gasteiger partial charge in [0.1, 0.15) is 12.4 Å². The molecule has 2 heterocycles. The molecule has 3 rings (SSSR count). The maximum atomic E-state index is 12.3. The summed E-state index contributed by atoms with van der Waals surface area (Å²) >= 11 is 0. The molecule has 1 unspecified atom stereocenters. The van der Waals surface area contributed by atoms with Gasteiger partial charge in [0, 0.05) is 36.1 Å². The molecule has 1 amide bonds. The third-order valence-corrected chi connectivity index (χ3v) is 3.74. The van der Waals surface area contributed by atoms with Crippen LogP contribution in [-0.2, 0) is 17.8 Å². The van der Waals surface area contributed by atoms with Crippen LogP contribution < -0.4 is 5.32 Å². The van der Waals surface area contributed by atoms with E-state index in [2.05, 4.69) is 20.5 Å². The van der Waals surface area contributed by atoms with Crippen LogP contribution in [-0.4, -0.2) is 31.7 Å². The zero-order chi connectivity index (χ0) is 16.9. The first kappa shape index (κ1) is 16.0. The number of aromatic nitrogens is 4. The standard InChI is InChI=1S/C18H21N5O/c1-13(10-16-11-14(2)21-22-16)20-17(24)12-23-9-8-19-18(23)15-6-4-3-5-7-15/h3-9,11,13H,10,12H2,1-2H3,(H,20,24)(H,21,22). The highest BCUT2D eigenvalue weighted by atomic mass is 16.2. The Balaban J connectivity index is 1.60. The summed E-state index contributed by atoms with van der Waals surface area (Å²) in [6, 6.07) is 11.9. The van der Waals surface area contributed by atoms with Crippen LogP contribution in [0.5, 0.6) is 0 Å². The monoisotopic (exact) mass is 323 g/mol. The van der Waals surface area contributed by atoms with Crippen LogP contribution in [0.25, 0.3) is 11.4 Å². The highest BCUT2D eigenvalue weighted by Gasteiger charge is 2.13. The summed E-state index contributed by atoms with van der Waals surface area (Å²) < 4.78 is 1.86. The molecule has 0 radical (unpaired) electrons. The smallest absolute Gasteiger partial charge is 0.240 e. The van der Waals surface area contributed by atoms with E-state index in [0.29, 0.717) is 6.42 Å². The van der Waals surface area contributed by atoms with Crippen LogP contribution in [0.1, 0.15) is 18.3 Å². The number of nitrogens with one attached hydrogen (secondary N) is 2. The van der Waals surface area contributed by atoms with E-state index in [4.69, 9.17) is 0 Å². The van der Waals surface area contributed by atoms with Gasteiger partial charge in [-0.3, -0.25) is 9.89 Å². The van der Waals surface area contributed by atoms with Gasteiger partial charge in [0.25, 0.3) is 0 Å². The minimum atomic E-state index is -0.0371. The largest absolute Gasteiger partial charge is 0.352 e. The van der Waals surface area contributed by atoms with E-state index in [0.717, 1.165) is 22.8 Å². The normalized spacial score (nSPS) is 12.1. The Bertz CT molecular complexity index is 806. The highest BCUT2D eigenvalue weighted by Crippen LogP contribution is 2.16. The molecule has 6 heteroatoms. The Morgan fingerprint density at radius 3 is 2.83 bits per heavy atom. The molecule has 2 N–H and O–H groups in total. The van der Waals surface area contributed by atoms with Gasteiger partial charge >= 0.3 is 0 Å². The van der Waals surface area contributed by atoms with Gasteiger partial charge in [-0.1, -0.05) is 30.3 Å². The number of hydrogen-bond acceptors (Lipinski definition) is 3. The zero-order valence-corrected chi connectivity index (χ0v) is 13.9. The molecule has 0 spiro atoms. The zero-order valence-electron chi connectivity index (χ0n) is 13.9. The first-order chi connectivity index (χ1) is 11.6. The van der Waals surface area contributed by atoms with Crippen molar-refractivity contribution in [1.29, 1.82) is 0 Å². The summed E-state index contributed by atoms with van der Waals surface area (Å²) in [5.41, 5.74) is 2.97. The SMILES string of the molecule is Cc1cc(CC(C)NC(=O)Cn2ccnc2-c2ccccc2)n[nH]1. The summed E-state index contributed by atoms with van der Waals surface area (Å²) in [6.45, 7) is 4.19. The number of carbonyl (C=O) groups excluding carboxylic acids is 1. The number of hydrogen-bond donors (Lipinski definition) is 2. The van der Waals surface area contributed by atoms with Crippen LogP contribution >= 0.6 is 0 Å². The molecule has 0 aliphatic heterocycles. The number of amides is 1. The molecule has 2 aromatic heterocycles. The second-order valence-electron chi connectivity index (χ2n) is 5.96. The number of carbonyl (C=O) groups is 1. The highest BCUT2D eigenvalue weighted by molar-refractivity contribution is 5.76. The van der Waals surface area contributed by atoms with Crippen molar-refractivity contribution in [2.75, 3.05) is 0 Å². The Morgan fingerprint density at radius 1 is 1.33 bits per heavy atom. The average Bonchev–Trinajstić information content (AvgIpc) is 3.17. The predicted molar refractivity (Wildman–Crippen MR) is 92.3 cm³/mol. The average molecular weight is 323 g/mol. The minimum absolute atomic E-state index is 0.0175. The van der Waals surface area contributed by atoms with Gasteiger partial charge in [0.2, 0.25) is 5.91 Å². The molecule has 1 atom stereocenters. The minimum Gasteiger partial charge on any atom is -0.352 e. The van der Waals surface area contributed by atoms with E-state index in [-0.39, 0.29) is 18.5 Å². The summed E-state index contributed by atoms with van der Waals surface area (Å²) in [5, 5.41) is 10.1. The van der Waals surface area contributed by atoms with Crippen molar-refractivity contribution in [2.24, 2.45) is 0 Å². The molecule has 3 aromatic rings. The van der Waals surface area contributed by atoms with Crippen LogP contribution in [0.15, 0.2) is 48.8 Å². The molecule has 0 aliphatic carbocycles. The lowest BCUT2D eigenvalue weighted by Gasteiger charge is -2.14. The van der Waals surface area contributed by atoms with E-state index in [1.165, 1.54) is 0 Å². The van der Waals surface area contributed by atoms with E-state index in [9.17, 15) is 4.79 Å². The third kappa shape index (κ3) is 3.90. The Kier molecular flexibility index (Phi) is 4.74. The van der Waals surface area contributed by atoms with Crippen molar-refractivity contribution >= 4 is 5.91 Å². The Morgan fingerprint density at radius 2 is 2.12 bits per heavy atom. The molecular weight excluding hydrogens is 302 g/mol. The fourth-order valence-electron chi connectivity index (χ4n) is 2.70. The third-order valence-electron chi connectivity index (χ3n) is 3.74. The number of imidazole rings is 1. The summed E-state index contributed by atoms with van der Waals surface area (Å²) in [7, 11) is 0. The van der Waals surface area contributed by atoms with Gasteiger partial charge in [0.05, 0.1) is 5.69 Å². The number of aromatic amines is 1. The second kappa shape index (κ2) is 7.12. The van der Waals surface area contributed by atoms with E-state index in [1.807, 2.05) is 61.0 Å². The van der Waals surface area contributed by atoms with Gasteiger partial charge < -0.3 is 9.88 Å². The number of aryl methyl sites for hydroxylation is 1. The lowest BCUT2D eigenvalue weighted by molar-refractivity contribution is -0.122. The van der Waals surface area contributed by atoms with Crippen molar-refractivity contribution in [3.8, 4) is 11.4 Å². The molecular formula is C18H21N5O. The fourth-order valence-corrected chi connectivity index (χ4v) is 2.70. The van der Waals surface area contributed by atoms with Crippen LogP contribution in [0.3, 0.4) is 0 Å². The molecule has 0 saturated carbocycles. The van der Waals surface area contributed by atoms with Crippen molar-refractivity contribution in [1.82, 2.24) is 25.1 Å². The summed E-state index contributed by atoms with van der Waals surface area (Å²) in [6.07, 6.45) is 4.24. The lowest BCUT2D eigenvalue weighted by Crippen LogP contribution is -2.36. The van der Waals surface area contributed by atoms with Crippen LogP contribution in [0, 0.1) is 6.92 Å². The first-order valence-electron chi connectivity index (χ1n) is 7.98. The molecule has 24 heavy (non-hydrogen) atoms. The van der Waals surface area contributed by atoms with E-state index >= 15 is 0 Å². The summed E-state index contributed by atoms with van der Waals surface area (Å²) in [5.74, 6) is 0.756. The number of H-pyrrole nitrogens is 1. The van der Waals surface area contributed by atoms with Gasteiger partial charge in [-0.2, -0.15) is 5.10 Å². The van der Waals surface area contributed by atoms with Gasteiger partial charge in [0.15, 0.2) is 0 Å². The van der Waals surface area contributed by atoms with E-state index in [1.54, 1.807) is 6.20 Å². The quantitative estimate of drug-likeness (QED) is 0.731. The van der Waals surface area contributed by atoms with Crippen molar-refractivity contribution in [3.05, 3.63) is 60.2 Å². The second-order valence-corrected chi connectivity index (χ2v) is 5.96. The number of nitrogens with zero attached hydrogens (tertiary/aromatic N) is 3. The Hall–Kier alpha value is -2.89. The molecule has 0 aliphatic rings. The molecule has 124 valence electrons. The molecule has 1 aromatic carbocycles. The Labute approximate surface area is 140 Å². The van der Waals surface area contributed by atoms with Gasteiger partial charge in [-0.15, -0.1) is 0 Å². The van der Waals surface area contributed by atoms with Crippen molar-refractivity contribution < 1.29 is 4.79 Å². The van der Waals surface area contributed by atoms with Gasteiger partial charge in [-0.25, -0.2) is 4.98 Å². The fraction of sp³-hybridized carbons (Fsp3) is 0.278. The molecule has 6 nitrogen and oxygen atoms in total. The number of benzene rings is 1. The maximum absolute atomic E-state index is 12.3. The van der Waals surface area contributed by atoms with E-state index < -0.39 is 0 Å². The molecule has 0 saturated heterocycles. The van der Waals surface area contributed by atoms with Crippen molar-refractivity contribution in [3.63, 3.8) is 0 Å². The topological polar surface area (TPSA) is 75.6 Å². The first-order valence-corrected chi connectivity index (χ1v) is 7.98. The van der Waals surface area contributed by atoms with Crippen LogP contribution in [0.2, 0.25) is 0 Å². The predicted octanol–water partition coefficient (Wildman–Crippen LogP) is 2.33. The molecule has 0 bridgehead atoms. The molecule has 0 fully saturated rings. The van der Waals surface area contributed by atoms with Crippen LogP contribution in [0.4, 0.5) is 0 Å². The summed E-state index contributed by atoms with van der Waals surface area (Å²) in [4.78, 5) is 16.7. The van der Waals surface area contributed by atoms with Crippen molar-refractivity contribution in [2.45, 2.75) is 32.9 Å².